The first kappa shape index (κ1) is 14.7. The van der Waals surface area contributed by atoms with Crippen molar-refractivity contribution in [1.82, 2.24) is 10.2 Å². The van der Waals surface area contributed by atoms with Gasteiger partial charge in [-0.3, -0.25) is 4.79 Å². The third-order valence-electron chi connectivity index (χ3n) is 3.73. The molecule has 1 amide bonds. The first-order valence-electron chi connectivity index (χ1n) is 7.31. The molecule has 0 radical (unpaired) electrons. The summed E-state index contributed by atoms with van der Waals surface area (Å²) in [5, 5.41) is 11.0. The van der Waals surface area contributed by atoms with Gasteiger partial charge in [-0.25, -0.2) is 0 Å². The molecule has 1 atom stereocenters. The lowest BCUT2D eigenvalue weighted by molar-refractivity contribution is -0.122. The molecule has 0 aliphatic carbocycles. The minimum absolute atomic E-state index is 0.218. The van der Waals surface area contributed by atoms with E-state index in [4.69, 9.17) is 20.8 Å². The fraction of sp³-hybridized carbons (Fsp3) is 0.118. The third kappa shape index (κ3) is 2.83. The van der Waals surface area contributed by atoms with Gasteiger partial charge in [-0.1, -0.05) is 17.7 Å². The number of amides is 1. The standard InChI is InChI=1S/C17H12ClN3O3/c18-12-4-5-14-11(6-12)8-15(24-14)16(22)20-13-3-1-2-10(7-13)17-21-19-9-23-17/h1-7,9,15H,8H2,(H,20,22)/t15-/m0/s1. The van der Waals surface area contributed by atoms with Gasteiger partial charge >= 0.3 is 0 Å². The molecule has 3 aromatic rings. The fourth-order valence-corrected chi connectivity index (χ4v) is 2.81. The molecule has 0 saturated carbocycles. The van der Waals surface area contributed by atoms with Crippen LogP contribution in [0.1, 0.15) is 5.56 Å². The van der Waals surface area contributed by atoms with Gasteiger partial charge in [-0.05, 0) is 42.0 Å². The molecular weight excluding hydrogens is 330 g/mol. The predicted molar refractivity (Wildman–Crippen MR) is 87.9 cm³/mol. The number of anilines is 1. The smallest absolute Gasteiger partial charge is 0.265 e. The number of hydrogen-bond acceptors (Lipinski definition) is 5. The fourth-order valence-electron chi connectivity index (χ4n) is 2.61. The summed E-state index contributed by atoms with van der Waals surface area (Å²) in [4.78, 5) is 12.4. The minimum atomic E-state index is -0.578. The Morgan fingerprint density at radius 3 is 3.00 bits per heavy atom. The van der Waals surface area contributed by atoms with E-state index < -0.39 is 6.10 Å². The molecule has 6 nitrogen and oxygen atoms in total. The van der Waals surface area contributed by atoms with Crippen molar-refractivity contribution < 1.29 is 13.9 Å². The van der Waals surface area contributed by atoms with Crippen LogP contribution in [0.25, 0.3) is 11.5 Å². The van der Waals surface area contributed by atoms with Gasteiger partial charge in [-0.15, -0.1) is 10.2 Å². The maximum absolute atomic E-state index is 12.4. The van der Waals surface area contributed by atoms with Crippen molar-refractivity contribution >= 4 is 23.2 Å². The summed E-state index contributed by atoms with van der Waals surface area (Å²) in [6, 6.07) is 12.5. The highest BCUT2D eigenvalue weighted by atomic mass is 35.5. The van der Waals surface area contributed by atoms with Crippen molar-refractivity contribution in [1.29, 1.82) is 0 Å². The van der Waals surface area contributed by atoms with Crippen molar-refractivity contribution in [3.63, 3.8) is 0 Å². The molecule has 0 saturated heterocycles. The van der Waals surface area contributed by atoms with Gasteiger partial charge in [0.15, 0.2) is 6.10 Å². The number of carbonyl (C=O) groups excluding carboxylic acids is 1. The minimum Gasteiger partial charge on any atom is -0.480 e. The Hall–Kier alpha value is -2.86. The number of fused-ring (bicyclic) bond motifs is 1. The number of hydrogen-bond donors (Lipinski definition) is 1. The lowest BCUT2D eigenvalue weighted by Crippen LogP contribution is -2.31. The maximum Gasteiger partial charge on any atom is 0.265 e. The molecule has 7 heteroatoms. The number of ether oxygens (including phenoxy) is 1. The van der Waals surface area contributed by atoms with E-state index in [0.29, 0.717) is 28.8 Å². The predicted octanol–water partition coefficient (Wildman–Crippen LogP) is 3.33. The van der Waals surface area contributed by atoms with Crippen molar-refractivity contribution in [2.24, 2.45) is 0 Å². The monoisotopic (exact) mass is 341 g/mol. The number of aromatic nitrogens is 2. The third-order valence-corrected chi connectivity index (χ3v) is 3.96. The van der Waals surface area contributed by atoms with Crippen LogP contribution in [0.5, 0.6) is 5.75 Å². The molecule has 0 bridgehead atoms. The molecule has 24 heavy (non-hydrogen) atoms. The van der Waals surface area contributed by atoms with Crippen LogP contribution in [0.3, 0.4) is 0 Å². The molecule has 0 unspecified atom stereocenters. The number of halogens is 1. The van der Waals surface area contributed by atoms with Crippen LogP contribution in [0, 0.1) is 0 Å². The van der Waals surface area contributed by atoms with E-state index in [0.717, 1.165) is 11.1 Å². The van der Waals surface area contributed by atoms with Gasteiger partial charge in [0.1, 0.15) is 5.75 Å². The van der Waals surface area contributed by atoms with Crippen molar-refractivity contribution in [3.8, 4) is 17.2 Å². The van der Waals surface area contributed by atoms with Gasteiger partial charge in [0, 0.05) is 22.7 Å². The van der Waals surface area contributed by atoms with Crippen molar-refractivity contribution in [3.05, 3.63) is 59.4 Å². The van der Waals surface area contributed by atoms with E-state index in [2.05, 4.69) is 15.5 Å². The molecule has 2 heterocycles. The summed E-state index contributed by atoms with van der Waals surface area (Å²) in [6.45, 7) is 0. The van der Waals surface area contributed by atoms with Crippen LogP contribution >= 0.6 is 11.6 Å². The zero-order chi connectivity index (χ0) is 16.5. The Balaban J connectivity index is 1.48. The Kier molecular flexibility index (Phi) is 3.66. The van der Waals surface area contributed by atoms with E-state index in [9.17, 15) is 4.79 Å². The molecule has 2 aromatic carbocycles. The van der Waals surface area contributed by atoms with Crippen LogP contribution < -0.4 is 10.1 Å². The zero-order valence-electron chi connectivity index (χ0n) is 12.4. The second-order valence-corrected chi connectivity index (χ2v) is 5.81. The summed E-state index contributed by atoms with van der Waals surface area (Å²) in [5.74, 6) is 0.870. The summed E-state index contributed by atoms with van der Waals surface area (Å²) >= 11 is 5.97. The molecule has 1 aromatic heterocycles. The van der Waals surface area contributed by atoms with Crippen LogP contribution in [-0.2, 0) is 11.2 Å². The molecule has 1 N–H and O–H groups in total. The average Bonchev–Trinajstić information content (AvgIpc) is 3.24. The molecular formula is C17H12ClN3O3. The number of rotatable bonds is 3. The summed E-state index contributed by atoms with van der Waals surface area (Å²) in [5.41, 5.74) is 2.29. The molecule has 1 aliphatic heterocycles. The van der Waals surface area contributed by atoms with E-state index in [-0.39, 0.29) is 5.91 Å². The molecule has 1 aliphatic rings. The number of benzene rings is 2. The summed E-state index contributed by atoms with van der Waals surface area (Å²) in [6.07, 6.45) is 1.17. The SMILES string of the molecule is O=C(Nc1cccc(-c2nnco2)c1)[C@@H]1Cc2cc(Cl)ccc2O1. The lowest BCUT2D eigenvalue weighted by Gasteiger charge is -2.11. The topological polar surface area (TPSA) is 77.3 Å². The quantitative estimate of drug-likeness (QED) is 0.790. The molecule has 0 fully saturated rings. The van der Waals surface area contributed by atoms with E-state index >= 15 is 0 Å². The molecule has 4 rings (SSSR count). The van der Waals surface area contributed by atoms with Gasteiger partial charge in [-0.2, -0.15) is 0 Å². The highest BCUT2D eigenvalue weighted by Crippen LogP contribution is 2.31. The van der Waals surface area contributed by atoms with Gasteiger partial charge in [0.25, 0.3) is 5.91 Å². The highest BCUT2D eigenvalue weighted by molar-refractivity contribution is 6.30. The zero-order valence-corrected chi connectivity index (χ0v) is 13.2. The number of carbonyl (C=O) groups is 1. The van der Waals surface area contributed by atoms with Crippen molar-refractivity contribution in [2.75, 3.05) is 5.32 Å². The Morgan fingerprint density at radius 1 is 1.25 bits per heavy atom. The summed E-state index contributed by atoms with van der Waals surface area (Å²) in [7, 11) is 0. The van der Waals surface area contributed by atoms with Crippen molar-refractivity contribution in [2.45, 2.75) is 12.5 Å². The lowest BCUT2D eigenvalue weighted by atomic mass is 10.1. The van der Waals surface area contributed by atoms with Gasteiger partial charge in [0.05, 0.1) is 0 Å². The first-order valence-corrected chi connectivity index (χ1v) is 7.69. The highest BCUT2D eigenvalue weighted by Gasteiger charge is 2.29. The van der Waals surface area contributed by atoms with Crippen LogP contribution in [-0.4, -0.2) is 22.2 Å². The summed E-state index contributed by atoms with van der Waals surface area (Å²) < 4.78 is 10.8. The first-order chi connectivity index (χ1) is 11.7. The average molecular weight is 342 g/mol. The molecule has 120 valence electrons. The Bertz CT molecular complexity index is 896. The van der Waals surface area contributed by atoms with E-state index in [1.165, 1.54) is 6.39 Å². The largest absolute Gasteiger partial charge is 0.480 e. The maximum atomic E-state index is 12.4. The van der Waals surface area contributed by atoms with Crippen LogP contribution in [0.2, 0.25) is 5.02 Å². The second kappa shape index (κ2) is 5.98. The normalized spacial score (nSPS) is 15.6. The van der Waals surface area contributed by atoms with E-state index in [1.807, 2.05) is 12.1 Å². The Labute approximate surface area is 142 Å². The molecule has 0 spiro atoms. The number of nitrogens with one attached hydrogen (secondary N) is 1. The number of nitrogens with zero attached hydrogens (tertiary/aromatic N) is 2. The Morgan fingerprint density at radius 2 is 2.17 bits per heavy atom. The van der Waals surface area contributed by atoms with Gasteiger partial charge in [0.2, 0.25) is 12.3 Å². The van der Waals surface area contributed by atoms with E-state index in [1.54, 1.807) is 30.3 Å². The van der Waals surface area contributed by atoms with Crippen LogP contribution in [0.15, 0.2) is 53.3 Å². The second-order valence-electron chi connectivity index (χ2n) is 5.38. The van der Waals surface area contributed by atoms with Gasteiger partial charge < -0.3 is 14.5 Å². The van der Waals surface area contributed by atoms with Crippen LogP contribution in [0.4, 0.5) is 5.69 Å².